The lowest BCUT2D eigenvalue weighted by Crippen LogP contribution is -2.17. The maximum atomic E-state index is 11.5. The number of nitrogens with one attached hydrogen (secondary N) is 1. The van der Waals surface area contributed by atoms with Crippen LogP contribution in [0.2, 0.25) is 0 Å². The lowest BCUT2D eigenvalue weighted by molar-refractivity contribution is -0.142. The molecule has 1 aromatic carbocycles. The summed E-state index contributed by atoms with van der Waals surface area (Å²) in [7, 11) is 2.77. The standard InChI is InChI=1S/C12H12N2O5/c1-14-8-5-7(3-4-9(8)19-12(14)17)13-10(15)6-11(16)18-2/h3-5H,6H2,1-2H3,(H,13,15). The number of benzene rings is 1. The quantitative estimate of drug-likeness (QED) is 0.648. The molecule has 1 aromatic heterocycles. The maximum absolute atomic E-state index is 11.5. The van der Waals surface area contributed by atoms with Crippen LogP contribution >= 0.6 is 0 Å². The van der Waals surface area contributed by atoms with E-state index in [1.807, 2.05) is 0 Å². The van der Waals surface area contributed by atoms with Crippen LogP contribution in [-0.2, 0) is 21.4 Å². The van der Waals surface area contributed by atoms with Gasteiger partial charge in [0, 0.05) is 12.7 Å². The number of hydrogen-bond acceptors (Lipinski definition) is 5. The first kappa shape index (κ1) is 12.9. The zero-order valence-corrected chi connectivity index (χ0v) is 10.4. The fraction of sp³-hybridized carbons (Fsp3) is 0.250. The van der Waals surface area contributed by atoms with Gasteiger partial charge in [-0.05, 0) is 18.2 Å². The first-order valence-electron chi connectivity index (χ1n) is 5.47. The molecular formula is C12H12N2O5. The number of rotatable bonds is 3. The number of carbonyl (C=O) groups is 2. The normalized spacial score (nSPS) is 10.4. The van der Waals surface area contributed by atoms with E-state index in [1.165, 1.54) is 11.7 Å². The molecule has 0 saturated heterocycles. The van der Waals surface area contributed by atoms with Crippen molar-refractivity contribution in [3.05, 3.63) is 28.7 Å². The second kappa shape index (κ2) is 4.97. The van der Waals surface area contributed by atoms with Crippen molar-refractivity contribution < 1.29 is 18.7 Å². The SMILES string of the molecule is COC(=O)CC(=O)Nc1ccc2oc(=O)n(C)c2c1. The lowest BCUT2D eigenvalue weighted by Gasteiger charge is -2.04. The number of aryl methyl sites for hydroxylation is 1. The predicted octanol–water partition coefficient (Wildman–Crippen LogP) is 0.633. The van der Waals surface area contributed by atoms with Crippen molar-refractivity contribution in [2.45, 2.75) is 6.42 Å². The third-order valence-electron chi connectivity index (χ3n) is 2.61. The number of nitrogens with zero attached hydrogens (tertiary/aromatic N) is 1. The van der Waals surface area contributed by atoms with Crippen molar-refractivity contribution in [2.24, 2.45) is 7.05 Å². The molecule has 2 aromatic rings. The summed E-state index contributed by atoms with van der Waals surface area (Å²) in [6.07, 6.45) is -0.362. The van der Waals surface area contributed by atoms with E-state index in [9.17, 15) is 14.4 Å². The molecule has 0 unspecified atom stereocenters. The van der Waals surface area contributed by atoms with Crippen LogP contribution in [0.15, 0.2) is 27.4 Å². The fourth-order valence-electron chi connectivity index (χ4n) is 1.61. The molecule has 7 nitrogen and oxygen atoms in total. The topological polar surface area (TPSA) is 90.5 Å². The van der Waals surface area contributed by atoms with E-state index in [0.717, 1.165) is 0 Å². The van der Waals surface area contributed by atoms with Crippen molar-refractivity contribution in [3.63, 3.8) is 0 Å². The second-order valence-electron chi connectivity index (χ2n) is 3.91. The van der Waals surface area contributed by atoms with Crippen LogP contribution in [0.1, 0.15) is 6.42 Å². The average molecular weight is 264 g/mol. The Morgan fingerprint density at radius 1 is 1.42 bits per heavy atom. The van der Waals surface area contributed by atoms with Crippen LogP contribution < -0.4 is 11.1 Å². The van der Waals surface area contributed by atoms with Gasteiger partial charge in [-0.2, -0.15) is 0 Å². The number of esters is 1. The van der Waals surface area contributed by atoms with Gasteiger partial charge in [-0.25, -0.2) is 4.79 Å². The van der Waals surface area contributed by atoms with Crippen molar-refractivity contribution in [3.8, 4) is 0 Å². The highest BCUT2D eigenvalue weighted by Crippen LogP contribution is 2.17. The molecule has 2 rings (SSSR count). The first-order valence-corrected chi connectivity index (χ1v) is 5.47. The molecule has 0 saturated carbocycles. The molecule has 1 heterocycles. The average Bonchev–Trinajstić information content (AvgIpc) is 2.65. The number of ether oxygens (including phenoxy) is 1. The van der Waals surface area contributed by atoms with Crippen molar-refractivity contribution in [2.75, 3.05) is 12.4 Å². The molecule has 0 aliphatic heterocycles. The number of fused-ring (bicyclic) bond motifs is 1. The van der Waals surface area contributed by atoms with Gasteiger partial charge in [0.2, 0.25) is 5.91 Å². The summed E-state index contributed by atoms with van der Waals surface area (Å²) < 4.78 is 10.7. The number of methoxy groups -OCH3 is 1. The maximum Gasteiger partial charge on any atom is 0.419 e. The molecule has 0 radical (unpaired) electrons. The van der Waals surface area contributed by atoms with Gasteiger partial charge in [-0.1, -0.05) is 0 Å². The number of amides is 1. The Balaban J connectivity index is 2.22. The highest BCUT2D eigenvalue weighted by atomic mass is 16.5. The number of carbonyl (C=O) groups excluding carboxylic acids is 2. The molecular weight excluding hydrogens is 252 g/mol. The van der Waals surface area contributed by atoms with E-state index >= 15 is 0 Å². The Bertz CT molecular complexity index is 698. The van der Waals surface area contributed by atoms with Crippen LogP contribution in [0.5, 0.6) is 0 Å². The molecule has 1 N–H and O–H groups in total. The fourth-order valence-corrected chi connectivity index (χ4v) is 1.61. The zero-order chi connectivity index (χ0) is 14.0. The summed E-state index contributed by atoms with van der Waals surface area (Å²) >= 11 is 0. The first-order chi connectivity index (χ1) is 9.01. The van der Waals surface area contributed by atoms with Crippen LogP contribution in [0.4, 0.5) is 5.69 Å². The number of hydrogen-bond donors (Lipinski definition) is 1. The summed E-state index contributed by atoms with van der Waals surface area (Å²) in [6, 6.07) is 4.75. The Labute approximate surface area is 107 Å². The van der Waals surface area contributed by atoms with Crippen LogP contribution in [-0.4, -0.2) is 23.6 Å². The number of aromatic nitrogens is 1. The third-order valence-corrected chi connectivity index (χ3v) is 2.61. The van der Waals surface area contributed by atoms with Gasteiger partial charge in [0.1, 0.15) is 6.42 Å². The minimum absolute atomic E-state index is 0.362. The number of oxazole rings is 1. The molecule has 7 heteroatoms. The van der Waals surface area contributed by atoms with Gasteiger partial charge in [0.05, 0.1) is 12.6 Å². The predicted molar refractivity (Wildman–Crippen MR) is 66.7 cm³/mol. The van der Waals surface area contributed by atoms with Gasteiger partial charge in [0.25, 0.3) is 0 Å². The zero-order valence-electron chi connectivity index (χ0n) is 10.4. The van der Waals surface area contributed by atoms with E-state index in [1.54, 1.807) is 25.2 Å². The van der Waals surface area contributed by atoms with Gasteiger partial charge in [-0.15, -0.1) is 0 Å². The molecule has 0 fully saturated rings. The van der Waals surface area contributed by atoms with Gasteiger partial charge >= 0.3 is 11.7 Å². The Kier molecular flexibility index (Phi) is 3.37. The molecule has 19 heavy (non-hydrogen) atoms. The highest BCUT2D eigenvalue weighted by Gasteiger charge is 2.11. The molecule has 0 bridgehead atoms. The van der Waals surface area contributed by atoms with Crippen LogP contribution in [0.25, 0.3) is 11.1 Å². The largest absolute Gasteiger partial charge is 0.469 e. The summed E-state index contributed by atoms with van der Waals surface area (Å²) in [6.45, 7) is 0. The number of anilines is 1. The minimum Gasteiger partial charge on any atom is -0.469 e. The Morgan fingerprint density at radius 2 is 2.16 bits per heavy atom. The molecule has 0 spiro atoms. The van der Waals surface area contributed by atoms with Crippen LogP contribution in [0, 0.1) is 0 Å². The van der Waals surface area contributed by atoms with Gasteiger partial charge in [0.15, 0.2) is 5.58 Å². The van der Waals surface area contributed by atoms with E-state index in [4.69, 9.17) is 4.42 Å². The monoisotopic (exact) mass is 264 g/mol. The van der Waals surface area contributed by atoms with E-state index in [-0.39, 0.29) is 6.42 Å². The van der Waals surface area contributed by atoms with Crippen LogP contribution in [0.3, 0.4) is 0 Å². The molecule has 0 atom stereocenters. The summed E-state index contributed by atoms with van der Waals surface area (Å²) in [5.74, 6) is -1.58. The molecule has 0 aliphatic rings. The summed E-state index contributed by atoms with van der Waals surface area (Å²) in [5, 5.41) is 2.54. The molecule has 1 amide bonds. The molecule has 0 aliphatic carbocycles. The summed E-state index contributed by atoms with van der Waals surface area (Å²) in [5.41, 5.74) is 1.46. The van der Waals surface area contributed by atoms with Gasteiger partial charge in [-0.3, -0.25) is 14.2 Å². The van der Waals surface area contributed by atoms with E-state index in [0.29, 0.717) is 16.8 Å². The summed E-state index contributed by atoms with van der Waals surface area (Å²) in [4.78, 5) is 33.7. The lowest BCUT2D eigenvalue weighted by atomic mass is 10.2. The highest BCUT2D eigenvalue weighted by molar-refractivity contribution is 6.02. The van der Waals surface area contributed by atoms with Crippen molar-refractivity contribution in [1.29, 1.82) is 0 Å². The second-order valence-corrected chi connectivity index (χ2v) is 3.91. The van der Waals surface area contributed by atoms with Crippen molar-refractivity contribution >= 4 is 28.7 Å². The van der Waals surface area contributed by atoms with E-state index < -0.39 is 17.6 Å². The van der Waals surface area contributed by atoms with Crippen molar-refractivity contribution in [1.82, 2.24) is 4.57 Å². The van der Waals surface area contributed by atoms with Gasteiger partial charge < -0.3 is 14.5 Å². The van der Waals surface area contributed by atoms with E-state index in [2.05, 4.69) is 10.1 Å². The Morgan fingerprint density at radius 3 is 2.84 bits per heavy atom. The smallest absolute Gasteiger partial charge is 0.419 e. The molecule has 100 valence electrons. The Hall–Kier alpha value is -2.57. The third kappa shape index (κ3) is 2.65. The minimum atomic E-state index is -0.616.